The van der Waals surface area contributed by atoms with Crippen molar-refractivity contribution in [3.8, 4) is 0 Å². The molecule has 13 heteroatoms. The summed E-state index contributed by atoms with van der Waals surface area (Å²) in [6, 6.07) is 0. The van der Waals surface area contributed by atoms with Gasteiger partial charge in [-0.3, -0.25) is 0 Å². The second kappa shape index (κ2) is 3.80. The Labute approximate surface area is 90.1 Å². The summed E-state index contributed by atoms with van der Waals surface area (Å²) in [7, 11) is -13.4. The lowest BCUT2D eigenvalue weighted by atomic mass is 11.5. The minimum Gasteiger partial charge on any atom is -0.213 e. The first kappa shape index (κ1) is 15.6. The molecule has 0 aromatic rings. The van der Waals surface area contributed by atoms with Crippen LogP contribution < -0.4 is 0 Å². The highest BCUT2D eigenvalue weighted by Crippen LogP contribution is 2.32. The Morgan fingerprint density at radius 1 is 0.750 bits per heavy atom. The third-order valence-corrected chi connectivity index (χ3v) is 5.78. The van der Waals surface area contributed by atoms with Crippen LogP contribution in [0.1, 0.15) is 0 Å². The monoisotopic (exact) mass is 310 g/mol. The molecular weight excluding hydrogens is 310 g/mol. The van der Waals surface area contributed by atoms with Crippen molar-refractivity contribution >= 4 is 35.4 Å². The minimum atomic E-state index is -6.69. The van der Waals surface area contributed by atoms with E-state index < -0.39 is 34.2 Å². The van der Waals surface area contributed by atoms with Gasteiger partial charge in [-0.25, -0.2) is 16.8 Å². The van der Waals surface area contributed by atoms with E-state index in [0.717, 1.165) is 0 Å². The summed E-state index contributed by atoms with van der Waals surface area (Å²) >= 11 is 3.21. The van der Waals surface area contributed by atoms with Crippen LogP contribution >= 0.6 is 12.2 Å². The third-order valence-electron chi connectivity index (χ3n) is 1.05. The van der Waals surface area contributed by atoms with Gasteiger partial charge in [0.05, 0.1) is 0 Å². The maximum Gasteiger partial charge on any atom is 0.503 e. The summed E-state index contributed by atoms with van der Waals surface area (Å²) in [5.74, 6) is 0. The molecule has 96 valence electrons. The Bertz CT molecular complexity index is 446. The number of hydrogen-bond acceptors (Lipinski definition) is 5. The fourth-order valence-electron chi connectivity index (χ4n) is 0.333. The highest BCUT2D eigenvalue weighted by molar-refractivity contribution is 8.41. The summed E-state index contributed by atoms with van der Waals surface area (Å²) in [5, 5.41) is 0. The Balaban J connectivity index is 5.81. The Hall–Kier alpha value is -0.430. The summed E-state index contributed by atoms with van der Waals surface area (Å²) in [6.07, 6.45) is 0. The van der Waals surface area contributed by atoms with Gasteiger partial charge in [0.15, 0.2) is 0 Å². The molecule has 0 rings (SSSR count). The molecule has 16 heavy (non-hydrogen) atoms. The molecule has 0 N–H and O–H groups in total. The fourth-order valence-corrected chi connectivity index (χ4v) is 3.00. The van der Waals surface area contributed by atoms with E-state index in [0.29, 0.717) is 0 Å². The van der Waals surface area contributed by atoms with Crippen LogP contribution in [0.25, 0.3) is 0 Å². The molecule has 0 saturated heterocycles. The quantitative estimate of drug-likeness (QED) is 0.496. The molecule has 0 atom stereocenters. The van der Waals surface area contributed by atoms with Crippen LogP contribution in [-0.4, -0.2) is 31.4 Å². The van der Waals surface area contributed by atoms with Gasteiger partial charge in [0.25, 0.3) is 19.7 Å². The Morgan fingerprint density at radius 3 is 1.06 bits per heavy atom. The standard InChI is InChI=1S/C3F6O4S3/c4-2(5,6)15(10,11)1(14)16(12,13)3(7,8)9. The first-order valence-electron chi connectivity index (χ1n) is 2.82. The van der Waals surface area contributed by atoms with Crippen molar-refractivity contribution < 1.29 is 43.2 Å². The third kappa shape index (κ3) is 2.45. The summed E-state index contributed by atoms with van der Waals surface area (Å²) < 4.78 is 108. The van der Waals surface area contributed by atoms with E-state index >= 15 is 0 Å². The van der Waals surface area contributed by atoms with Crippen molar-refractivity contribution in [2.75, 3.05) is 0 Å². The van der Waals surface area contributed by atoms with Crippen LogP contribution in [-0.2, 0) is 19.7 Å². The maximum atomic E-state index is 11.7. The van der Waals surface area contributed by atoms with Gasteiger partial charge >= 0.3 is 11.0 Å². The zero-order valence-corrected chi connectivity index (χ0v) is 9.08. The zero-order valence-electron chi connectivity index (χ0n) is 6.63. The van der Waals surface area contributed by atoms with E-state index in [1.807, 2.05) is 0 Å². The molecule has 0 unspecified atom stereocenters. The number of hydrogen-bond donors (Lipinski definition) is 0. The molecule has 0 saturated carbocycles. The topological polar surface area (TPSA) is 68.3 Å². The van der Waals surface area contributed by atoms with Crippen molar-refractivity contribution in [3.05, 3.63) is 0 Å². The van der Waals surface area contributed by atoms with E-state index in [1.54, 1.807) is 0 Å². The lowest BCUT2D eigenvalue weighted by Gasteiger charge is -2.11. The van der Waals surface area contributed by atoms with Gasteiger partial charge in [-0.05, 0) is 0 Å². The van der Waals surface area contributed by atoms with Crippen molar-refractivity contribution in [1.29, 1.82) is 0 Å². The molecule has 0 radical (unpaired) electrons. The number of thiocarbonyl (C=S) groups is 1. The molecule has 0 amide bonds. The van der Waals surface area contributed by atoms with Gasteiger partial charge in [-0.1, -0.05) is 12.2 Å². The van der Waals surface area contributed by atoms with Crippen molar-refractivity contribution in [2.24, 2.45) is 0 Å². The number of rotatable bonds is 0. The molecule has 0 aliphatic heterocycles. The number of halogens is 6. The predicted octanol–water partition coefficient (Wildman–Crippen LogP) is 1.14. The molecule has 0 aromatic heterocycles. The smallest absolute Gasteiger partial charge is 0.213 e. The second-order valence-electron chi connectivity index (χ2n) is 2.15. The van der Waals surface area contributed by atoms with E-state index in [1.165, 1.54) is 0 Å². The summed E-state index contributed by atoms with van der Waals surface area (Å²) in [4.78, 5) is 0. The van der Waals surface area contributed by atoms with Gasteiger partial charge in [-0.2, -0.15) is 26.3 Å². The van der Waals surface area contributed by atoms with Crippen LogP contribution in [0.15, 0.2) is 0 Å². The SMILES string of the molecule is O=S(=O)(C(=S)S(=O)(=O)C(F)(F)F)C(F)(F)F. The van der Waals surface area contributed by atoms with Crippen molar-refractivity contribution in [3.63, 3.8) is 0 Å². The second-order valence-corrected chi connectivity index (χ2v) is 7.09. The molecule has 0 fully saturated rings. The van der Waals surface area contributed by atoms with Gasteiger partial charge in [0, 0.05) is 0 Å². The summed E-state index contributed by atoms with van der Waals surface area (Å²) in [5.41, 5.74) is -12.4. The molecule has 0 aromatic carbocycles. The van der Waals surface area contributed by atoms with Crippen LogP contribution in [0, 0.1) is 0 Å². The lowest BCUT2D eigenvalue weighted by molar-refractivity contribution is -0.0426. The molecule has 0 aliphatic carbocycles. The molecule has 0 heterocycles. The zero-order chi connectivity index (χ0) is 13.6. The first-order chi connectivity index (χ1) is 6.65. The van der Waals surface area contributed by atoms with E-state index in [4.69, 9.17) is 0 Å². The summed E-state index contributed by atoms with van der Waals surface area (Å²) in [6.45, 7) is 0. The molecular formula is C3F6O4S3. The van der Waals surface area contributed by atoms with E-state index in [2.05, 4.69) is 12.2 Å². The normalized spacial score (nSPS) is 14.9. The Kier molecular flexibility index (Phi) is 3.70. The molecule has 0 aliphatic rings. The van der Waals surface area contributed by atoms with Gasteiger partial charge < -0.3 is 0 Å². The number of alkyl halides is 6. The lowest BCUT2D eigenvalue weighted by Crippen LogP contribution is -2.40. The highest BCUT2D eigenvalue weighted by atomic mass is 32.3. The van der Waals surface area contributed by atoms with Crippen molar-refractivity contribution in [1.82, 2.24) is 0 Å². The van der Waals surface area contributed by atoms with Crippen LogP contribution in [0.3, 0.4) is 0 Å². The van der Waals surface area contributed by atoms with Gasteiger partial charge in [0.2, 0.25) is 3.53 Å². The first-order valence-corrected chi connectivity index (χ1v) is 6.20. The molecule has 4 nitrogen and oxygen atoms in total. The Morgan fingerprint density at radius 2 is 0.938 bits per heavy atom. The average Bonchev–Trinajstić information content (AvgIpc) is 1.98. The van der Waals surface area contributed by atoms with E-state index in [-0.39, 0.29) is 0 Å². The fraction of sp³-hybridized carbons (Fsp3) is 0.667. The van der Waals surface area contributed by atoms with Crippen LogP contribution in [0.5, 0.6) is 0 Å². The van der Waals surface area contributed by atoms with Crippen LogP contribution in [0.4, 0.5) is 26.3 Å². The predicted molar refractivity (Wildman–Crippen MR) is 42.5 cm³/mol. The van der Waals surface area contributed by atoms with Crippen molar-refractivity contribution in [2.45, 2.75) is 11.0 Å². The largest absolute Gasteiger partial charge is 0.503 e. The maximum absolute atomic E-state index is 11.7. The molecule has 0 bridgehead atoms. The molecule has 0 spiro atoms. The average molecular weight is 310 g/mol. The minimum absolute atomic E-state index is 3.11. The number of sulfone groups is 2. The van der Waals surface area contributed by atoms with E-state index in [9.17, 15) is 43.2 Å². The van der Waals surface area contributed by atoms with Gasteiger partial charge in [0.1, 0.15) is 0 Å². The van der Waals surface area contributed by atoms with Crippen LogP contribution in [0.2, 0.25) is 0 Å². The highest BCUT2D eigenvalue weighted by Gasteiger charge is 2.60. The van der Waals surface area contributed by atoms with Gasteiger partial charge in [-0.15, -0.1) is 0 Å².